The standard InChI is InChI=1S/C26H30B6O2/c1-25(2)26(3,4)34-32(33-25)24-15-11-7-5-9-13(15)17(14-10-6-8-12-16(14)24)18-19(27)21(29)23(31)22(30)20(18)28/h5-12H,27-31H2,1-4H3. The first kappa shape index (κ1) is 23.5. The molecule has 8 heteroatoms. The normalized spacial score (nSPS) is 17.0. The van der Waals surface area contributed by atoms with Crippen molar-refractivity contribution >= 4 is 101 Å². The summed E-state index contributed by atoms with van der Waals surface area (Å²) < 4.78 is 13.2. The summed E-state index contributed by atoms with van der Waals surface area (Å²) in [5, 5.41) is 4.90. The lowest BCUT2D eigenvalue weighted by Gasteiger charge is -2.32. The third-order valence-corrected chi connectivity index (χ3v) is 8.71. The van der Waals surface area contributed by atoms with Gasteiger partial charge in [-0.1, -0.05) is 59.5 Å². The Labute approximate surface area is 208 Å². The minimum absolute atomic E-state index is 0.392. The maximum atomic E-state index is 6.59. The van der Waals surface area contributed by atoms with Crippen molar-refractivity contribution in [3.05, 3.63) is 48.5 Å². The summed E-state index contributed by atoms with van der Waals surface area (Å²) in [6.45, 7) is 8.49. The smallest absolute Gasteiger partial charge is 0.399 e. The maximum Gasteiger partial charge on any atom is 0.496 e. The summed E-state index contributed by atoms with van der Waals surface area (Å²) >= 11 is 0. The molecule has 0 amide bonds. The number of rotatable bonds is 2. The van der Waals surface area contributed by atoms with Crippen LogP contribution in [0.4, 0.5) is 0 Å². The highest BCUT2D eigenvalue weighted by Crippen LogP contribution is 2.40. The van der Waals surface area contributed by atoms with E-state index in [1.807, 2.05) is 0 Å². The van der Waals surface area contributed by atoms with E-state index in [-0.39, 0.29) is 0 Å². The molecule has 0 bridgehead atoms. The second-order valence-corrected chi connectivity index (χ2v) is 11.0. The average molecular weight is 439 g/mol. The Hall–Kier alpha value is -2.29. The van der Waals surface area contributed by atoms with E-state index in [1.165, 1.54) is 60.0 Å². The Morgan fingerprint density at radius 1 is 0.529 bits per heavy atom. The van der Waals surface area contributed by atoms with Gasteiger partial charge >= 0.3 is 7.12 Å². The molecular weight excluding hydrogens is 409 g/mol. The van der Waals surface area contributed by atoms with E-state index in [4.69, 9.17) is 9.31 Å². The van der Waals surface area contributed by atoms with Gasteiger partial charge in [-0.25, -0.2) is 0 Å². The van der Waals surface area contributed by atoms with E-state index < -0.39 is 18.3 Å². The molecule has 0 spiro atoms. The monoisotopic (exact) mass is 440 g/mol. The van der Waals surface area contributed by atoms with Gasteiger partial charge in [0, 0.05) is 0 Å². The van der Waals surface area contributed by atoms with E-state index in [0.717, 1.165) is 5.46 Å². The molecule has 2 nitrogen and oxygen atoms in total. The van der Waals surface area contributed by atoms with Crippen LogP contribution in [0.5, 0.6) is 0 Å². The average Bonchev–Trinajstić information content (AvgIpc) is 3.02. The SMILES string of the molecule is Bc1c(B)c(B)c(-c2c3ccccc3c(B3OC(C)(C)C(C)(C)O3)c3ccccc23)c(B)c1B. The van der Waals surface area contributed by atoms with E-state index in [0.29, 0.717) is 0 Å². The molecular formula is C26H30B6O2. The lowest BCUT2D eigenvalue weighted by Crippen LogP contribution is -2.55. The quantitative estimate of drug-likeness (QED) is 0.249. The van der Waals surface area contributed by atoms with Crippen molar-refractivity contribution in [3.8, 4) is 11.1 Å². The number of fused-ring (bicyclic) bond motifs is 2. The van der Waals surface area contributed by atoms with E-state index in [2.05, 4.69) is 115 Å². The zero-order valence-corrected chi connectivity index (χ0v) is 22.0. The molecule has 5 rings (SSSR count). The lowest BCUT2D eigenvalue weighted by molar-refractivity contribution is 0.00578. The fraction of sp³-hybridized carbons (Fsp3) is 0.231. The Bertz CT molecular complexity index is 1380. The Morgan fingerprint density at radius 2 is 0.882 bits per heavy atom. The van der Waals surface area contributed by atoms with Gasteiger partial charge < -0.3 is 9.31 Å². The van der Waals surface area contributed by atoms with Crippen LogP contribution in [0, 0.1) is 0 Å². The van der Waals surface area contributed by atoms with Gasteiger partial charge in [0.25, 0.3) is 0 Å². The van der Waals surface area contributed by atoms with Crippen molar-refractivity contribution < 1.29 is 9.31 Å². The van der Waals surface area contributed by atoms with Crippen molar-refractivity contribution in [2.24, 2.45) is 0 Å². The fourth-order valence-electron chi connectivity index (χ4n) is 5.52. The minimum Gasteiger partial charge on any atom is -0.399 e. The van der Waals surface area contributed by atoms with Crippen LogP contribution in [0.1, 0.15) is 27.7 Å². The van der Waals surface area contributed by atoms with Gasteiger partial charge in [0.15, 0.2) is 0 Å². The lowest BCUT2D eigenvalue weighted by atomic mass is 9.59. The Morgan fingerprint density at radius 3 is 1.29 bits per heavy atom. The number of hydrogen-bond acceptors (Lipinski definition) is 2. The highest BCUT2D eigenvalue weighted by Gasteiger charge is 2.52. The van der Waals surface area contributed by atoms with Crippen LogP contribution in [0.25, 0.3) is 32.7 Å². The zero-order valence-electron chi connectivity index (χ0n) is 22.0. The van der Waals surface area contributed by atoms with Crippen molar-refractivity contribution in [2.75, 3.05) is 0 Å². The summed E-state index contributed by atoms with van der Waals surface area (Å²) in [7, 11) is 10.9. The third kappa shape index (κ3) is 3.26. The van der Waals surface area contributed by atoms with Crippen LogP contribution < -0.4 is 32.8 Å². The molecule has 0 saturated carbocycles. The molecule has 1 aliphatic heterocycles. The topological polar surface area (TPSA) is 18.5 Å². The summed E-state index contributed by atoms with van der Waals surface area (Å²) in [6.07, 6.45) is 0. The van der Waals surface area contributed by atoms with Crippen LogP contribution in [0.2, 0.25) is 0 Å². The van der Waals surface area contributed by atoms with Gasteiger partial charge in [0.2, 0.25) is 0 Å². The molecule has 4 aromatic carbocycles. The second kappa shape index (κ2) is 7.86. The molecule has 4 aromatic rings. The van der Waals surface area contributed by atoms with E-state index >= 15 is 0 Å². The van der Waals surface area contributed by atoms with Crippen molar-refractivity contribution in [1.29, 1.82) is 0 Å². The first-order valence-corrected chi connectivity index (χ1v) is 12.3. The molecule has 34 heavy (non-hydrogen) atoms. The van der Waals surface area contributed by atoms with Gasteiger partial charge in [0.05, 0.1) is 11.2 Å². The molecule has 0 unspecified atom stereocenters. The molecule has 1 saturated heterocycles. The molecule has 0 atom stereocenters. The summed E-state index contributed by atoms with van der Waals surface area (Å²) in [5.41, 5.74) is 9.88. The van der Waals surface area contributed by atoms with Gasteiger partial charge in [-0.15, -0.1) is 16.4 Å². The molecule has 1 fully saturated rings. The van der Waals surface area contributed by atoms with E-state index in [9.17, 15) is 0 Å². The Kier molecular flexibility index (Phi) is 5.42. The predicted molar refractivity (Wildman–Crippen MR) is 163 cm³/mol. The Balaban J connectivity index is 1.93. The first-order valence-electron chi connectivity index (χ1n) is 12.3. The molecule has 0 radical (unpaired) electrons. The molecule has 164 valence electrons. The summed E-state index contributed by atoms with van der Waals surface area (Å²) in [6, 6.07) is 17.5. The summed E-state index contributed by atoms with van der Waals surface area (Å²) in [5.74, 6) is 0. The van der Waals surface area contributed by atoms with Crippen LogP contribution >= 0.6 is 0 Å². The van der Waals surface area contributed by atoms with Crippen LogP contribution in [-0.2, 0) is 9.31 Å². The van der Waals surface area contributed by atoms with Crippen LogP contribution in [0.3, 0.4) is 0 Å². The van der Waals surface area contributed by atoms with Crippen molar-refractivity contribution in [2.45, 2.75) is 38.9 Å². The fourth-order valence-corrected chi connectivity index (χ4v) is 5.52. The summed E-state index contributed by atoms with van der Waals surface area (Å²) in [4.78, 5) is 0. The number of benzene rings is 4. The third-order valence-electron chi connectivity index (χ3n) is 8.71. The molecule has 0 aromatic heterocycles. The number of hydrogen-bond donors (Lipinski definition) is 0. The largest absolute Gasteiger partial charge is 0.496 e. The minimum atomic E-state index is -0.419. The van der Waals surface area contributed by atoms with Gasteiger partial charge in [-0.05, 0) is 65.8 Å². The molecule has 0 aliphatic carbocycles. The van der Waals surface area contributed by atoms with Crippen LogP contribution in [0.15, 0.2) is 48.5 Å². The second-order valence-electron chi connectivity index (χ2n) is 11.0. The van der Waals surface area contributed by atoms with Crippen molar-refractivity contribution in [1.82, 2.24) is 0 Å². The van der Waals surface area contributed by atoms with Crippen LogP contribution in [-0.4, -0.2) is 57.6 Å². The zero-order chi connectivity index (χ0) is 24.6. The first-order chi connectivity index (χ1) is 16.0. The molecule has 1 heterocycles. The van der Waals surface area contributed by atoms with Crippen molar-refractivity contribution in [3.63, 3.8) is 0 Å². The molecule has 0 N–H and O–H groups in total. The highest BCUT2D eigenvalue weighted by atomic mass is 16.7. The maximum absolute atomic E-state index is 6.59. The molecule has 1 aliphatic rings. The van der Waals surface area contributed by atoms with Gasteiger partial charge in [0.1, 0.15) is 39.2 Å². The highest BCUT2D eigenvalue weighted by molar-refractivity contribution is 6.71. The predicted octanol–water partition coefficient (Wildman–Crippen LogP) is -2.75. The van der Waals surface area contributed by atoms with E-state index in [1.54, 1.807) is 0 Å². The van der Waals surface area contributed by atoms with Gasteiger partial charge in [-0.2, -0.15) is 0 Å². The van der Waals surface area contributed by atoms with Gasteiger partial charge in [-0.3, -0.25) is 0 Å².